The molecule has 1 aliphatic heterocycles. The van der Waals surface area contributed by atoms with Crippen molar-refractivity contribution in [3.8, 4) is 0 Å². The summed E-state index contributed by atoms with van der Waals surface area (Å²) in [4.78, 5) is 26.8. The van der Waals surface area contributed by atoms with Crippen molar-refractivity contribution < 1.29 is 14.0 Å². The van der Waals surface area contributed by atoms with Gasteiger partial charge in [-0.2, -0.15) is 0 Å². The minimum atomic E-state index is -0.558. The van der Waals surface area contributed by atoms with Gasteiger partial charge in [0.1, 0.15) is 11.2 Å². The maximum atomic E-state index is 13.8. The fourth-order valence-corrected chi connectivity index (χ4v) is 4.72. The van der Waals surface area contributed by atoms with E-state index >= 15 is 0 Å². The van der Waals surface area contributed by atoms with Crippen LogP contribution in [-0.4, -0.2) is 17.6 Å². The minimum Gasteiger partial charge on any atom is -0.322 e. The molecule has 1 N–H and O–H groups in total. The lowest BCUT2D eigenvalue weighted by Gasteiger charge is -2.26. The summed E-state index contributed by atoms with van der Waals surface area (Å²) in [7, 11) is 0. The van der Waals surface area contributed by atoms with Crippen LogP contribution in [0.15, 0.2) is 72.8 Å². The number of carbonyl (C=O) groups is 2. The molecule has 152 valence electrons. The van der Waals surface area contributed by atoms with Crippen LogP contribution in [0.1, 0.15) is 33.8 Å². The van der Waals surface area contributed by atoms with E-state index in [9.17, 15) is 14.0 Å². The van der Waals surface area contributed by atoms with Crippen molar-refractivity contribution in [1.82, 2.24) is 0 Å². The zero-order valence-electron chi connectivity index (χ0n) is 16.5. The summed E-state index contributed by atoms with van der Waals surface area (Å²) in [5.74, 6) is -0.542. The molecule has 3 aromatic rings. The first-order chi connectivity index (χ1) is 14.6. The Balaban J connectivity index is 1.55. The Morgan fingerprint density at radius 1 is 1.07 bits per heavy atom. The Morgan fingerprint density at radius 2 is 1.77 bits per heavy atom. The largest absolute Gasteiger partial charge is 0.322 e. The molecule has 0 aromatic heterocycles. The highest BCUT2D eigenvalue weighted by molar-refractivity contribution is 8.00. The van der Waals surface area contributed by atoms with Crippen LogP contribution < -0.4 is 10.2 Å². The van der Waals surface area contributed by atoms with Crippen LogP contribution in [0.3, 0.4) is 0 Å². The van der Waals surface area contributed by atoms with Crippen LogP contribution in [-0.2, 0) is 11.2 Å². The number of para-hydroxylation sites is 1. The quantitative estimate of drug-likeness (QED) is 0.600. The van der Waals surface area contributed by atoms with E-state index in [1.807, 2.05) is 41.3 Å². The topological polar surface area (TPSA) is 49.4 Å². The molecule has 0 bridgehead atoms. The summed E-state index contributed by atoms with van der Waals surface area (Å²) >= 11 is 1.58. The van der Waals surface area contributed by atoms with Crippen molar-refractivity contribution in [2.75, 3.05) is 16.0 Å². The van der Waals surface area contributed by atoms with Crippen LogP contribution in [0.5, 0.6) is 0 Å². The first-order valence-corrected chi connectivity index (χ1v) is 10.8. The van der Waals surface area contributed by atoms with E-state index in [-0.39, 0.29) is 16.8 Å². The zero-order chi connectivity index (χ0) is 21.1. The fourth-order valence-electron chi connectivity index (χ4n) is 3.55. The number of halogens is 1. The maximum absolute atomic E-state index is 13.8. The molecule has 6 heteroatoms. The van der Waals surface area contributed by atoms with Crippen molar-refractivity contribution in [3.05, 3.63) is 95.3 Å². The number of amides is 2. The summed E-state index contributed by atoms with van der Waals surface area (Å²) in [6.07, 6.45) is 0.846. The van der Waals surface area contributed by atoms with Crippen LogP contribution in [0.4, 0.5) is 15.8 Å². The van der Waals surface area contributed by atoms with Gasteiger partial charge in [0.2, 0.25) is 5.91 Å². The predicted octanol–water partition coefficient (Wildman–Crippen LogP) is 5.42. The number of thioether (sulfide) groups is 1. The van der Waals surface area contributed by atoms with Crippen molar-refractivity contribution in [2.45, 2.75) is 18.7 Å². The van der Waals surface area contributed by atoms with E-state index in [2.05, 4.69) is 12.2 Å². The molecule has 0 saturated carbocycles. The minimum absolute atomic E-state index is 0.000805. The molecule has 30 heavy (non-hydrogen) atoms. The number of benzene rings is 3. The molecule has 2 amide bonds. The van der Waals surface area contributed by atoms with Gasteiger partial charge in [-0.05, 0) is 47.9 Å². The summed E-state index contributed by atoms with van der Waals surface area (Å²) < 4.78 is 13.8. The normalized spacial score (nSPS) is 16.0. The standard InChI is InChI=1S/C24H21FN2O2S/c1-2-16-7-3-6-10-21(16)27-22(28)15-30-24(27)17-11-13-18(14-12-17)26-23(29)19-8-4-5-9-20(19)25/h3-14,24H,2,15H2,1H3,(H,26,29)/t24-/m0/s1. The van der Waals surface area contributed by atoms with E-state index in [1.54, 1.807) is 36.0 Å². The Kier molecular flexibility index (Phi) is 5.86. The van der Waals surface area contributed by atoms with Gasteiger partial charge in [0.25, 0.3) is 5.91 Å². The van der Waals surface area contributed by atoms with Gasteiger partial charge in [0, 0.05) is 11.4 Å². The van der Waals surface area contributed by atoms with E-state index in [0.29, 0.717) is 11.4 Å². The third kappa shape index (κ3) is 3.96. The van der Waals surface area contributed by atoms with Gasteiger partial charge in [-0.1, -0.05) is 49.4 Å². The molecule has 1 aliphatic rings. The lowest BCUT2D eigenvalue weighted by atomic mass is 10.1. The van der Waals surface area contributed by atoms with E-state index in [4.69, 9.17) is 0 Å². The molecule has 4 nitrogen and oxygen atoms in total. The summed E-state index contributed by atoms with van der Waals surface area (Å²) in [6, 6.07) is 21.2. The molecule has 0 radical (unpaired) electrons. The highest BCUT2D eigenvalue weighted by atomic mass is 32.2. The van der Waals surface area contributed by atoms with Crippen molar-refractivity contribution >= 4 is 35.0 Å². The molecule has 1 atom stereocenters. The SMILES string of the molecule is CCc1ccccc1N1C(=O)CS[C@H]1c1ccc(NC(=O)c2ccccc2F)cc1. The lowest BCUT2D eigenvalue weighted by molar-refractivity contribution is -0.115. The van der Waals surface area contributed by atoms with Crippen molar-refractivity contribution in [1.29, 1.82) is 0 Å². The first-order valence-electron chi connectivity index (χ1n) is 9.76. The molecular weight excluding hydrogens is 399 g/mol. The number of anilines is 2. The van der Waals surface area contributed by atoms with Crippen LogP contribution in [0.2, 0.25) is 0 Å². The summed E-state index contributed by atoms with van der Waals surface area (Å²) in [5, 5.41) is 2.60. The van der Waals surface area contributed by atoms with Gasteiger partial charge in [0.05, 0.1) is 11.3 Å². The maximum Gasteiger partial charge on any atom is 0.258 e. The number of rotatable bonds is 5. The molecule has 0 aliphatic carbocycles. The summed E-state index contributed by atoms with van der Waals surface area (Å²) in [5.41, 5.74) is 3.62. The monoisotopic (exact) mass is 420 g/mol. The molecular formula is C24H21FN2O2S. The molecule has 1 heterocycles. The van der Waals surface area contributed by atoms with Crippen LogP contribution in [0, 0.1) is 5.82 Å². The Hall–Kier alpha value is -3.12. The average molecular weight is 421 g/mol. The number of carbonyl (C=O) groups excluding carboxylic acids is 2. The van der Waals surface area contributed by atoms with E-state index in [0.717, 1.165) is 23.2 Å². The van der Waals surface area contributed by atoms with Gasteiger partial charge in [-0.25, -0.2) is 4.39 Å². The highest BCUT2D eigenvalue weighted by Crippen LogP contribution is 2.43. The molecule has 0 spiro atoms. The Bertz CT molecular complexity index is 1080. The average Bonchev–Trinajstić information content (AvgIpc) is 3.15. The van der Waals surface area contributed by atoms with Gasteiger partial charge in [-0.3, -0.25) is 14.5 Å². The zero-order valence-corrected chi connectivity index (χ0v) is 17.3. The van der Waals surface area contributed by atoms with E-state index < -0.39 is 11.7 Å². The smallest absolute Gasteiger partial charge is 0.258 e. The molecule has 0 unspecified atom stereocenters. The molecule has 1 fully saturated rings. The van der Waals surface area contributed by atoms with Crippen LogP contribution in [0.25, 0.3) is 0 Å². The van der Waals surface area contributed by atoms with Gasteiger partial charge in [-0.15, -0.1) is 11.8 Å². The highest BCUT2D eigenvalue weighted by Gasteiger charge is 2.34. The molecule has 4 rings (SSSR count). The third-order valence-corrected chi connectivity index (χ3v) is 6.28. The van der Waals surface area contributed by atoms with Crippen LogP contribution >= 0.6 is 11.8 Å². The number of aryl methyl sites for hydroxylation is 1. The predicted molar refractivity (Wildman–Crippen MR) is 119 cm³/mol. The van der Waals surface area contributed by atoms with Crippen molar-refractivity contribution in [2.24, 2.45) is 0 Å². The van der Waals surface area contributed by atoms with Crippen molar-refractivity contribution in [3.63, 3.8) is 0 Å². The second-order valence-corrected chi connectivity index (χ2v) is 8.03. The van der Waals surface area contributed by atoms with E-state index in [1.165, 1.54) is 12.1 Å². The van der Waals surface area contributed by atoms with Gasteiger partial charge >= 0.3 is 0 Å². The fraction of sp³-hybridized carbons (Fsp3) is 0.167. The second-order valence-electron chi connectivity index (χ2n) is 6.97. The number of nitrogens with zero attached hydrogens (tertiary/aromatic N) is 1. The van der Waals surface area contributed by atoms with Gasteiger partial charge in [0.15, 0.2) is 0 Å². The molecule has 3 aromatic carbocycles. The first kappa shape index (κ1) is 20.2. The molecule has 1 saturated heterocycles. The Morgan fingerprint density at radius 3 is 2.50 bits per heavy atom. The second kappa shape index (κ2) is 8.71. The lowest BCUT2D eigenvalue weighted by Crippen LogP contribution is -2.28. The Labute approximate surface area is 179 Å². The number of nitrogens with one attached hydrogen (secondary N) is 1. The number of hydrogen-bond donors (Lipinski definition) is 1. The third-order valence-electron chi connectivity index (χ3n) is 5.07. The number of hydrogen-bond acceptors (Lipinski definition) is 3. The summed E-state index contributed by atoms with van der Waals surface area (Å²) in [6.45, 7) is 2.08. The van der Waals surface area contributed by atoms with Gasteiger partial charge < -0.3 is 5.32 Å².